The molecule has 0 saturated heterocycles. The average Bonchev–Trinajstić information content (AvgIpc) is 2.55. The van der Waals surface area contributed by atoms with Gasteiger partial charge in [-0.05, 0) is 62.0 Å². The van der Waals surface area contributed by atoms with Crippen LogP contribution in [-0.2, 0) is 6.42 Å². The van der Waals surface area contributed by atoms with Crippen LogP contribution < -0.4 is 0 Å². The van der Waals surface area contributed by atoms with E-state index in [4.69, 9.17) is 0 Å². The highest BCUT2D eigenvalue weighted by Gasteiger charge is 2.14. The molecular formula is C21H14. The smallest absolute Gasteiger partial charge is 0.00634 e. The van der Waals surface area contributed by atoms with Gasteiger partial charge in [-0.1, -0.05) is 60.7 Å². The minimum atomic E-state index is 1.03. The summed E-state index contributed by atoms with van der Waals surface area (Å²) in [5.41, 5.74) is 2.84. The molecule has 4 aromatic rings. The summed E-state index contributed by atoms with van der Waals surface area (Å²) in [5, 5.41) is 8.26. The van der Waals surface area contributed by atoms with Crippen LogP contribution in [0.4, 0.5) is 0 Å². The van der Waals surface area contributed by atoms with E-state index in [0.29, 0.717) is 0 Å². The van der Waals surface area contributed by atoms with Gasteiger partial charge in [0.05, 0.1) is 0 Å². The molecule has 0 saturated carbocycles. The maximum absolute atomic E-state index is 2.36. The van der Waals surface area contributed by atoms with Crippen molar-refractivity contribution in [3.05, 3.63) is 77.9 Å². The normalized spacial score (nSPS) is 13.3. The fraction of sp³-hybridized carbons (Fsp3) is 0.0476. The molecule has 0 aromatic heterocycles. The number of allylic oxidation sites excluding steroid dienone is 1. The SMILES string of the molecule is C1=Cc2cc3ccccc3c3cc4ccccc4c(c23)C1. The maximum atomic E-state index is 2.36. The van der Waals surface area contributed by atoms with Gasteiger partial charge in [0, 0.05) is 0 Å². The zero-order valence-electron chi connectivity index (χ0n) is 11.6. The molecule has 0 amide bonds. The first-order valence-corrected chi connectivity index (χ1v) is 7.44. The number of fused-ring (bicyclic) bond motifs is 4. The van der Waals surface area contributed by atoms with Crippen LogP contribution in [0, 0.1) is 0 Å². The molecule has 1 aliphatic rings. The molecule has 1 aliphatic carbocycles. The van der Waals surface area contributed by atoms with Crippen LogP contribution in [0.1, 0.15) is 11.1 Å². The largest absolute Gasteiger partial charge is 0.0795 e. The molecule has 21 heavy (non-hydrogen) atoms. The van der Waals surface area contributed by atoms with E-state index in [1.165, 1.54) is 43.4 Å². The van der Waals surface area contributed by atoms with Crippen LogP contribution in [-0.4, -0.2) is 0 Å². The second kappa shape index (κ2) is 3.95. The Labute approximate surface area is 123 Å². The Hall–Kier alpha value is -2.60. The van der Waals surface area contributed by atoms with Gasteiger partial charge in [0.25, 0.3) is 0 Å². The van der Waals surface area contributed by atoms with Crippen molar-refractivity contribution in [3.8, 4) is 0 Å². The minimum Gasteiger partial charge on any atom is -0.0795 e. The number of rotatable bonds is 0. The van der Waals surface area contributed by atoms with Crippen molar-refractivity contribution >= 4 is 38.4 Å². The molecule has 0 fully saturated rings. The molecule has 0 heteroatoms. The van der Waals surface area contributed by atoms with E-state index >= 15 is 0 Å². The van der Waals surface area contributed by atoms with E-state index < -0.39 is 0 Å². The Morgan fingerprint density at radius 3 is 2.24 bits per heavy atom. The third-order valence-corrected chi connectivity index (χ3v) is 4.63. The lowest BCUT2D eigenvalue weighted by atomic mass is 9.86. The fourth-order valence-electron chi connectivity index (χ4n) is 3.72. The number of hydrogen-bond acceptors (Lipinski definition) is 0. The van der Waals surface area contributed by atoms with Crippen molar-refractivity contribution in [3.63, 3.8) is 0 Å². The monoisotopic (exact) mass is 266 g/mol. The van der Waals surface area contributed by atoms with E-state index in [1.807, 2.05) is 0 Å². The summed E-state index contributed by atoms with van der Waals surface area (Å²) >= 11 is 0. The lowest BCUT2D eigenvalue weighted by Crippen LogP contribution is -1.95. The molecule has 5 rings (SSSR count). The van der Waals surface area contributed by atoms with Crippen molar-refractivity contribution in [1.29, 1.82) is 0 Å². The van der Waals surface area contributed by atoms with Gasteiger partial charge >= 0.3 is 0 Å². The molecule has 0 N–H and O–H groups in total. The van der Waals surface area contributed by atoms with Gasteiger partial charge < -0.3 is 0 Å². The topological polar surface area (TPSA) is 0 Å². The van der Waals surface area contributed by atoms with Crippen molar-refractivity contribution in [2.45, 2.75) is 6.42 Å². The predicted molar refractivity (Wildman–Crippen MR) is 91.7 cm³/mol. The van der Waals surface area contributed by atoms with Crippen molar-refractivity contribution in [2.24, 2.45) is 0 Å². The molecular weight excluding hydrogens is 252 g/mol. The zero-order chi connectivity index (χ0) is 13.8. The fourth-order valence-corrected chi connectivity index (χ4v) is 3.72. The van der Waals surface area contributed by atoms with E-state index in [1.54, 1.807) is 0 Å². The van der Waals surface area contributed by atoms with E-state index in [9.17, 15) is 0 Å². The van der Waals surface area contributed by atoms with E-state index in [0.717, 1.165) is 6.42 Å². The Morgan fingerprint density at radius 1 is 0.667 bits per heavy atom. The van der Waals surface area contributed by atoms with Gasteiger partial charge in [0.15, 0.2) is 0 Å². The summed E-state index contributed by atoms with van der Waals surface area (Å²) < 4.78 is 0. The Kier molecular flexibility index (Phi) is 2.09. The number of hydrogen-bond donors (Lipinski definition) is 0. The zero-order valence-corrected chi connectivity index (χ0v) is 11.6. The molecule has 0 heterocycles. The van der Waals surface area contributed by atoms with Gasteiger partial charge in [-0.3, -0.25) is 0 Å². The first-order chi connectivity index (χ1) is 10.4. The third kappa shape index (κ3) is 1.45. The van der Waals surface area contributed by atoms with E-state index in [2.05, 4.69) is 72.8 Å². The van der Waals surface area contributed by atoms with Crippen LogP contribution in [0.25, 0.3) is 38.4 Å². The number of benzene rings is 4. The molecule has 0 bridgehead atoms. The van der Waals surface area contributed by atoms with Crippen LogP contribution >= 0.6 is 0 Å². The van der Waals surface area contributed by atoms with Crippen LogP contribution in [0.2, 0.25) is 0 Å². The van der Waals surface area contributed by atoms with Gasteiger partial charge in [0.2, 0.25) is 0 Å². The quantitative estimate of drug-likeness (QED) is 0.282. The molecule has 0 unspecified atom stereocenters. The van der Waals surface area contributed by atoms with Gasteiger partial charge in [-0.25, -0.2) is 0 Å². The molecule has 98 valence electrons. The van der Waals surface area contributed by atoms with E-state index in [-0.39, 0.29) is 0 Å². The summed E-state index contributed by atoms with van der Waals surface area (Å²) in [6.45, 7) is 0. The minimum absolute atomic E-state index is 1.03. The van der Waals surface area contributed by atoms with Gasteiger partial charge in [0.1, 0.15) is 0 Å². The average molecular weight is 266 g/mol. The van der Waals surface area contributed by atoms with Gasteiger partial charge in [-0.15, -0.1) is 0 Å². The standard InChI is InChI=1S/C21H14/c1-4-10-18-14(6-1)12-16-8-5-11-19-17-9-3-2-7-15(17)13-20(18)21(16)19/h1-10,12-13H,11H2. The summed E-state index contributed by atoms with van der Waals surface area (Å²) in [5.74, 6) is 0. The first-order valence-electron chi connectivity index (χ1n) is 7.44. The van der Waals surface area contributed by atoms with Crippen LogP contribution in [0.5, 0.6) is 0 Å². The molecule has 0 nitrogen and oxygen atoms in total. The second-order valence-electron chi connectivity index (χ2n) is 5.79. The van der Waals surface area contributed by atoms with Crippen molar-refractivity contribution in [2.75, 3.05) is 0 Å². The summed E-state index contributed by atoms with van der Waals surface area (Å²) in [6.07, 6.45) is 5.60. The highest BCUT2D eigenvalue weighted by molar-refractivity contribution is 6.17. The van der Waals surface area contributed by atoms with Crippen molar-refractivity contribution in [1.82, 2.24) is 0 Å². The molecule has 0 aliphatic heterocycles. The maximum Gasteiger partial charge on any atom is -0.00634 e. The Balaban J connectivity index is 2.15. The highest BCUT2D eigenvalue weighted by Crippen LogP contribution is 2.38. The van der Waals surface area contributed by atoms with Crippen LogP contribution in [0.15, 0.2) is 66.7 Å². The second-order valence-corrected chi connectivity index (χ2v) is 5.79. The molecule has 4 aromatic carbocycles. The molecule has 0 atom stereocenters. The summed E-state index contributed by atoms with van der Waals surface area (Å²) in [6, 6.07) is 22.1. The molecule has 0 spiro atoms. The van der Waals surface area contributed by atoms with Crippen molar-refractivity contribution < 1.29 is 0 Å². The lowest BCUT2D eigenvalue weighted by molar-refractivity contribution is 1.32. The van der Waals surface area contributed by atoms with Gasteiger partial charge in [-0.2, -0.15) is 0 Å². The first kappa shape index (κ1) is 11.1. The predicted octanol–water partition coefficient (Wildman–Crippen LogP) is 5.72. The Bertz CT molecular complexity index is 1050. The third-order valence-electron chi connectivity index (χ3n) is 4.63. The summed E-state index contributed by atoms with van der Waals surface area (Å²) in [7, 11) is 0. The lowest BCUT2D eigenvalue weighted by Gasteiger charge is -2.18. The highest BCUT2D eigenvalue weighted by atomic mass is 14.2. The Morgan fingerprint density at radius 2 is 1.38 bits per heavy atom. The molecule has 0 radical (unpaired) electrons. The van der Waals surface area contributed by atoms with Crippen LogP contribution in [0.3, 0.4) is 0 Å². The summed E-state index contributed by atoms with van der Waals surface area (Å²) in [4.78, 5) is 0.